The van der Waals surface area contributed by atoms with E-state index in [9.17, 15) is 4.79 Å². The Balaban J connectivity index is 2.97. The summed E-state index contributed by atoms with van der Waals surface area (Å²) in [6, 6.07) is 0. The minimum Gasteiger partial charge on any atom is -0.243 e. The van der Waals surface area contributed by atoms with Gasteiger partial charge < -0.3 is 0 Å². The van der Waals surface area contributed by atoms with Gasteiger partial charge in [-0.05, 0) is 18.5 Å². The number of nitrogens with zero attached hydrogens (tertiary/aromatic N) is 4. The van der Waals surface area contributed by atoms with Gasteiger partial charge in [-0.3, -0.25) is 0 Å². The Hall–Kier alpha value is -1.01. The van der Waals surface area contributed by atoms with E-state index in [1.807, 2.05) is 0 Å². The van der Waals surface area contributed by atoms with Crippen molar-refractivity contribution in [2.75, 3.05) is 0 Å². The van der Waals surface area contributed by atoms with Gasteiger partial charge in [0.05, 0.1) is 0 Å². The van der Waals surface area contributed by atoms with Gasteiger partial charge in [-0.1, -0.05) is 11.3 Å². The first kappa shape index (κ1) is 7.63. The maximum atomic E-state index is 10.8. The molecule has 5 nitrogen and oxygen atoms in total. The van der Waals surface area contributed by atoms with Gasteiger partial charge in [0, 0.05) is 0 Å². The molecule has 0 fully saturated rings. The maximum Gasteiger partial charge on any atom is 0.372 e. The Labute approximate surface area is 75.7 Å². The molecule has 0 aliphatic heterocycles. The number of hydrogen-bond donors (Lipinski definition) is 0. The summed E-state index contributed by atoms with van der Waals surface area (Å²) in [5.74, 6) is 0. The summed E-state index contributed by atoms with van der Waals surface area (Å²) in [5.41, 5.74) is -0.580. The largest absolute Gasteiger partial charge is 0.372 e. The summed E-state index contributed by atoms with van der Waals surface area (Å²) < 4.78 is 1.34. The minimum absolute atomic E-state index is 0.0503. The molecule has 0 aliphatic rings. The van der Waals surface area contributed by atoms with Crippen molar-refractivity contribution in [2.45, 2.75) is 6.92 Å². The number of aryl methyl sites for hydroxylation is 1. The van der Waals surface area contributed by atoms with Gasteiger partial charge in [0.2, 0.25) is 10.2 Å². The van der Waals surface area contributed by atoms with Crippen LogP contribution in [-0.4, -0.2) is 19.6 Å². The van der Waals surface area contributed by atoms with E-state index in [-0.39, 0.29) is 5.28 Å². The predicted octanol–water partition coefficient (Wildman–Crippen LogP) is 0.508. The summed E-state index contributed by atoms with van der Waals surface area (Å²) in [4.78, 5) is 18.3. The van der Waals surface area contributed by atoms with Crippen LogP contribution in [0.15, 0.2) is 4.79 Å². The molecule has 0 radical (unpaired) electrons. The summed E-state index contributed by atoms with van der Waals surface area (Å²) in [7, 11) is 0. The summed E-state index contributed by atoms with van der Waals surface area (Å²) in [5, 5.41) is 4.83. The lowest BCUT2D eigenvalue weighted by Gasteiger charge is -1.89. The molecule has 12 heavy (non-hydrogen) atoms. The number of rotatable bonds is 0. The van der Waals surface area contributed by atoms with E-state index in [0.29, 0.717) is 4.96 Å². The second kappa shape index (κ2) is 2.49. The molecular weight excluding hydrogens is 200 g/mol. The highest BCUT2D eigenvalue weighted by Gasteiger charge is 2.05. The Bertz CT molecular complexity index is 490. The molecule has 0 aliphatic carbocycles. The van der Waals surface area contributed by atoms with Crippen molar-refractivity contribution >= 4 is 27.9 Å². The third kappa shape index (κ3) is 1.09. The Kier molecular flexibility index (Phi) is 1.59. The van der Waals surface area contributed by atoms with E-state index < -0.39 is 5.69 Å². The molecule has 2 aromatic rings. The molecule has 0 unspecified atom stereocenters. The molecule has 0 spiro atoms. The monoisotopic (exact) mass is 202 g/mol. The summed E-state index contributed by atoms with van der Waals surface area (Å²) >= 11 is 6.93. The lowest BCUT2D eigenvalue weighted by atomic mass is 10.9. The van der Waals surface area contributed by atoms with Crippen LogP contribution >= 0.6 is 22.9 Å². The smallest absolute Gasteiger partial charge is 0.243 e. The molecule has 2 aromatic heterocycles. The van der Waals surface area contributed by atoms with E-state index in [0.717, 1.165) is 5.01 Å². The van der Waals surface area contributed by atoms with Crippen LogP contribution in [0.5, 0.6) is 0 Å². The van der Waals surface area contributed by atoms with Gasteiger partial charge in [-0.25, -0.2) is 4.79 Å². The van der Waals surface area contributed by atoms with E-state index in [2.05, 4.69) is 15.1 Å². The lowest BCUT2D eigenvalue weighted by Crippen LogP contribution is -2.13. The van der Waals surface area contributed by atoms with Gasteiger partial charge in [0.25, 0.3) is 0 Å². The molecule has 2 heterocycles. The molecule has 0 atom stereocenters. The lowest BCUT2D eigenvalue weighted by molar-refractivity contribution is 0.859. The fourth-order valence-corrected chi connectivity index (χ4v) is 1.77. The van der Waals surface area contributed by atoms with Crippen molar-refractivity contribution in [2.24, 2.45) is 0 Å². The molecule has 7 heteroatoms. The second-order valence-corrected chi connectivity index (χ2v) is 3.59. The van der Waals surface area contributed by atoms with Crippen molar-refractivity contribution in [1.29, 1.82) is 0 Å². The van der Waals surface area contributed by atoms with E-state index in [4.69, 9.17) is 11.6 Å². The molecule has 0 saturated carbocycles. The summed E-state index contributed by atoms with van der Waals surface area (Å²) in [6.45, 7) is 1.81. The van der Waals surface area contributed by atoms with Crippen LogP contribution in [0.1, 0.15) is 5.01 Å². The number of aromatic nitrogens is 4. The van der Waals surface area contributed by atoms with Crippen LogP contribution in [0, 0.1) is 6.92 Å². The Morgan fingerprint density at radius 2 is 2.25 bits per heavy atom. The Morgan fingerprint density at radius 3 is 3.00 bits per heavy atom. The zero-order chi connectivity index (χ0) is 8.72. The first-order valence-corrected chi connectivity index (χ1v) is 4.26. The molecule has 0 aromatic carbocycles. The van der Waals surface area contributed by atoms with Crippen LogP contribution < -0.4 is 5.69 Å². The van der Waals surface area contributed by atoms with Crippen molar-refractivity contribution < 1.29 is 0 Å². The fraction of sp³-hybridized carbons (Fsp3) is 0.200. The molecule has 0 N–H and O–H groups in total. The topological polar surface area (TPSA) is 60.2 Å². The second-order valence-electron chi connectivity index (χ2n) is 2.09. The summed E-state index contributed by atoms with van der Waals surface area (Å²) in [6.07, 6.45) is 0. The fourth-order valence-electron chi connectivity index (χ4n) is 0.803. The Morgan fingerprint density at radius 1 is 1.50 bits per heavy atom. The molecule has 2 rings (SSSR count). The zero-order valence-corrected chi connectivity index (χ0v) is 7.56. The predicted molar refractivity (Wildman–Crippen MR) is 44.7 cm³/mol. The highest BCUT2D eigenvalue weighted by molar-refractivity contribution is 7.16. The maximum absolute atomic E-state index is 10.8. The van der Waals surface area contributed by atoms with E-state index in [1.165, 1.54) is 15.9 Å². The van der Waals surface area contributed by atoms with Crippen molar-refractivity contribution in [1.82, 2.24) is 19.6 Å². The number of halogens is 1. The van der Waals surface area contributed by atoms with Crippen LogP contribution in [0.2, 0.25) is 5.28 Å². The van der Waals surface area contributed by atoms with E-state index >= 15 is 0 Å². The molecule has 62 valence electrons. The number of fused-ring (bicyclic) bond motifs is 1. The normalized spacial score (nSPS) is 10.8. The average molecular weight is 203 g/mol. The van der Waals surface area contributed by atoms with Gasteiger partial charge >= 0.3 is 5.69 Å². The molecular formula is C5H3ClN4OS. The molecule has 0 saturated heterocycles. The molecule has 0 amide bonds. The standard InChI is InChI=1S/C5H3ClN4OS/c1-2-9-10-3(6)7-4(11)8-5(10)12-2/h1H3. The molecule has 0 bridgehead atoms. The van der Waals surface area contributed by atoms with Crippen molar-refractivity contribution in [3.63, 3.8) is 0 Å². The first-order chi connectivity index (χ1) is 5.66. The van der Waals surface area contributed by atoms with Crippen molar-refractivity contribution in [3.05, 3.63) is 20.8 Å². The van der Waals surface area contributed by atoms with Crippen LogP contribution in [0.25, 0.3) is 4.96 Å². The minimum atomic E-state index is -0.580. The highest BCUT2D eigenvalue weighted by atomic mass is 35.5. The average Bonchev–Trinajstić information content (AvgIpc) is 2.29. The van der Waals surface area contributed by atoms with Crippen LogP contribution in [-0.2, 0) is 0 Å². The number of hydrogen-bond acceptors (Lipinski definition) is 5. The van der Waals surface area contributed by atoms with Gasteiger partial charge in [0.15, 0.2) is 0 Å². The SMILES string of the molecule is Cc1nn2c(Cl)nc(=O)nc2s1. The van der Waals surface area contributed by atoms with Crippen molar-refractivity contribution in [3.8, 4) is 0 Å². The zero-order valence-electron chi connectivity index (χ0n) is 5.98. The van der Waals surface area contributed by atoms with Crippen LogP contribution in [0.3, 0.4) is 0 Å². The first-order valence-electron chi connectivity index (χ1n) is 3.07. The van der Waals surface area contributed by atoms with Gasteiger partial charge in [-0.2, -0.15) is 19.6 Å². The van der Waals surface area contributed by atoms with Gasteiger partial charge in [0.1, 0.15) is 5.01 Å². The van der Waals surface area contributed by atoms with Crippen LogP contribution in [0.4, 0.5) is 0 Å². The van der Waals surface area contributed by atoms with E-state index in [1.54, 1.807) is 6.92 Å². The third-order valence-corrected chi connectivity index (χ3v) is 2.28. The third-order valence-electron chi connectivity index (χ3n) is 1.21. The quantitative estimate of drug-likeness (QED) is 0.625. The van der Waals surface area contributed by atoms with Gasteiger partial charge in [-0.15, -0.1) is 0 Å². The highest BCUT2D eigenvalue weighted by Crippen LogP contribution is 2.12.